The van der Waals surface area contributed by atoms with Crippen molar-refractivity contribution in [1.29, 1.82) is 5.26 Å². The quantitative estimate of drug-likeness (QED) is 0.770. The number of aryl methyl sites for hydroxylation is 1. The number of fused-ring (bicyclic) bond motifs is 1. The molecule has 0 fully saturated rings. The number of nitrogens with zero attached hydrogens (tertiary/aromatic N) is 2. The number of aromatic nitrogens is 1. The van der Waals surface area contributed by atoms with Crippen LogP contribution in [0.3, 0.4) is 0 Å². The van der Waals surface area contributed by atoms with Crippen LogP contribution < -0.4 is 16.0 Å². The summed E-state index contributed by atoms with van der Waals surface area (Å²) in [5, 5.41) is 11.5. The lowest BCUT2D eigenvalue weighted by atomic mass is 9.88. The lowest BCUT2D eigenvalue weighted by Crippen LogP contribution is -2.32. The molecule has 4 heterocycles. The van der Waals surface area contributed by atoms with Crippen LogP contribution in [-0.4, -0.2) is 4.57 Å². The van der Waals surface area contributed by atoms with Crippen molar-refractivity contribution in [2.75, 3.05) is 0 Å². The van der Waals surface area contributed by atoms with E-state index < -0.39 is 5.92 Å². The lowest BCUT2D eigenvalue weighted by Gasteiger charge is -2.25. The van der Waals surface area contributed by atoms with Crippen LogP contribution in [0.4, 0.5) is 0 Å². The van der Waals surface area contributed by atoms with Crippen molar-refractivity contribution >= 4 is 11.3 Å². The number of hydrogen-bond donors (Lipinski definition) is 1. The van der Waals surface area contributed by atoms with E-state index in [0.717, 1.165) is 10.6 Å². The van der Waals surface area contributed by atoms with Crippen molar-refractivity contribution in [1.82, 2.24) is 4.57 Å². The molecule has 3 aromatic heterocycles. The number of pyridine rings is 1. The zero-order valence-corrected chi connectivity index (χ0v) is 14.7. The van der Waals surface area contributed by atoms with E-state index in [1.807, 2.05) is 24.4 Å². The Morgan fingerprint density at radius 3 is 2.88 bits per heavy atom. The predicted molar refractivity (Wildman–Crippen MR) is 96.9 cm³/mol. The zero-order chi connectivity index (χ0) is 18.3. The lowest BCUT2D eigenvalue weighted by molar-refractivity contribution is 0.379. The minimum absolute atomic E-state index is 0.00351. The molecule has 0 radical (unpaired) electrons. The van der Waals surface area contributed by atoms with Crippen molar-refractivity contribution in [3.05, 3.63) is 85.7 Å². The summed E-state index contributed by atoms with van der Waals surface area (Å²) < 4.78 is 12.8. The van der Waals surface area contributed by atoms with Crippen molar-refractivity contribution in [3.8, 4) is 11.8 Å². The number of hydrogen-bond acceptors (Lipinski definition) is 6. The molecule has 0 amide bonds. The summed E-state index contributed by atoms with van der Waals surface area (Å²) in [6, 6.07) is 11.2. The molecule has 1 atom stereocenters. The minimum atomic E-state index is -0.679. The Kier molecular flexibility index (Phi) is 3.90. The molecular formula is C19H15N3O3S. The van der Waals surface area contributed by atoms with Gasteiger partial charge in [0.25, 0.3) is 5.56 Å². The molecule has 6 nitrogen and oxygen atoms in total. The number of furan rings is 1. The Morgan fingerprint density at radius 1 is 1.38 bits per heavy atom. The van der Waals surface area contributed by atoms with E-state index in [9.17, 15) is 10.1 Å². The first-order valence-corrected chi connectivity index (χ1v) is 8.86. The number of nitrogens with two attached hydrogens (primary N) is 1. The second-order valence-electron chi connectivity index (χ2n) is 5.97. The molecule has 3 aromatic rings. The van der Waals surface area contributed by atoms with Gasteiger partial charge in [-0.25, -0.2) is 0 Å². The van der Waals surface area contributed by atoms with E-state index >= 15 is 0 Å². The van der Waals surface area contributed by atoms with Gasteiger partial charge < -0.3 is 19.5 Å². The van der Waals surface area contributed by atoms with E-state index in [4.69, 9.17) is 14.9 Å². The summed E-state index contributed by atoms with van der Waals surface area (Å²) >= 11 is 1.59. The van der Waals surface area contributed by atoms with Gasteiger partial charge >= 0.3 is 0 Å². The fraction of sp³-hybridized carbons (Fsp3) is 0.158. The molecule has 7 heteroatoms. The highest BCUT2D eigenvalue weighted by molar-refractivity contribution is 7.09. The highest BCUT2D eigenvalue weighted by Crippen LogP contribution is 2.40. The SMILES string of the molecule is Cc1cc2c(c(=O)n1Cc1cccs1)[C@@H](c1ccco1)C(C#N)=C(N)O2. The molecule has 130 valence electrons. The van der Waals surface area contributed by atoms with Gasteiger partial charge in [0.05, 0.1) is 24.3 Å². The van der Waals surface area contributed by atoms with Gasteiger partial charge in [0.2, 0.25) is 5.88 Å². The van der Waals surface area contributed by atoms with Crippen LogP contribution in [0.15, 0.2) is 62.6 Å². The van der Waals surface area contributed by atoms with E-state index in [-0.39, 0.29) is 17.0 Å². The average molecular weight is 365 g/mol. The van der Waals surface area contributed by atoms with Crippen LogP contribution in [0.5, 0.6) is 5.75 Å². The van der Waals surface area contributed by atoms with E-state index in [0.29, 0.717) is 23.6 Å². The molecule has 0 unspecified atom stereocenters. The first-order chi connectivity index (χ1) is 12.6. The summed E-state index contributed by atoms with van der Waals surface area (Å²) in [5.41, 5.74) is 7.03. The molecule has 4 rings (SSSR count). The summed E-state index contributed by atoms with van der Waals surface area (Å²) in [6.45, 7) is 2.31. The van der Waals surface area contributed by atoms with Crippen molar-refractivity contribution in [3.63, 3.8) is 0 Å². The van der Waals surface area contributed by atoms with Gasteiger partial charge in [-0.1, -0.05) is 6.07 Å². The first-order valence-electron chi connectivity index (χ1n) is 7.98. The summed E-state index contributed by atoms with van der Waals surface area (Å²) in [7, 11) is 0. The summed E-state index contributed by atoms with van der Waals surface area (Å²) in [4.78, 5) is 14.4. The smallest absolute Gasteiger partial charge is 0.259 e. The predicted octanol–water partition coefficient (Wildman–Crippen LogP) is 3.08. The summed E-state index contributed by atoms with van der Waals surface area (Å²) in [5.74, 6) is 0.170. The third kappa shape index (κ3) is 2.52. The van der Waals surface area contributed by atoms with Gasteiger partial charge in [0, 0.05) is 16.6 Å². The number of ether oxygens (including phenoxy) is 1. The maximum absolute atomic E-state index is 13.3. The molecule has 0 saturated carbocycles. The van der Waals surface area contributed by atoms with E-state index in [1.54, 1.807) is 34.1 Å². The maximum atomic E-state index is 13.3. The third-order valence-electron chi connectivity index (χ3n) is 4.41. The van der Waals surface area contributed by atoms with Crippen LogP contribution in [0, 0.1) is 18.3 Å². The van der Waals surface area contributed by atoms with Gasteiger partial charge in [-0.2, -0.15) is 5.26 Å². The van der Waals surface area contributed by atoms with E-state index in [2.05, 4.69) is 6.07 Å². The van der Waals surface area contributed by atoms with Crippen LogP contribution in [0.25, 0.3) is 0 Å². The van der Waals surface area contributed by atoms with Crippen LogP contribution >= 0.6 is 11.3 Å². The second-order valence-corrected chi connectivity index (χ2v) is 7.01. The Balaban J connectivity index is 1.94. The minimum Gasteiger partial charge on any atom is -0.468 e. The highest BCUT2D eigenvalue weighted by atomic mass is 32.1. The molecule has 1 aliphatic rings. The Labute approximate surface area is 153 Å². The normalized spacial score (nSPS) is 16.1. The number of thiophene rings is 1. The fourth-order valence-corrected chi connectivity index (χ4v) is 3.87. The molecular weight excluding hydrogens is 350 g/mol. The van der Waals surface area contributed by atoms with Gasteiger partial charge in [0.1, 0.15) is 23.2 Å². The van der Waals surface area contributed by atoms with Gasteiger partial charge in [0.15, 0.2) is 0 Å². The average Bonchev–Trinajstić information content (AvgIpc) is 3.31. The molecule has 0 spiro atoms. The van der Waals surface area contributed by atoms with Gasteiger partial charge in [-0.15, -0.1) is 11.3 Å². The monoisotopic (exact) mass is 365 g/mol. The molecule has 26 heavy (non-hydrogen) atoms. The van der Waals surface area contributed by atoms with Crippen LogP contribution in [0.2, 0.25) is 0 Å². The number of nitriles is 1. The fourth-order valence-electron chi connectivity index (χ4n) is 3.18. The summed E-state index contributed by atoms with van der Waals surface area (Å²) in [6.07, 6.45) is 1.51. The van der Waals surface area contributed by atoms with Crippen molar-refractivity contribution in [2.45, 2.75) is 19.4 Å². The molecule has 0 aromatic carbocycles. The van der Waals surface area contributed by atoms with Crippen molar-refractivity contribution in [2.24, 2.45) is 5.73 Å². The van der Waals surface area contributed by atoms with Crippen molar-refractivity contribution < 1.29 is 9.15 Å². The molecule has 0 aliphatic carbocycles. The van der Waals surface area contributed by atoms with E-state index in [1.165, 1.54) is 6.26 Å². The second kappa shape index (κ2) is 6.24. The largest absolute Gasteiger partial charge is 0.468 e. The first kappa shape index (κ1) is 16.2. The number of rotatable bonds is 3. The Hall–Kier alpha value is -3.24. The Morgan fingerprint density at radius 2 is 2.23 bits per heavy atom. The standard InChI is InChI=1S/C19H15N3O3S/c1-11-8-15-17(19(23)22(11)10-12-4-3-7-26-12)16(14-5-2-6-24-14)13(9-20)18(21)25-15/h2-8,16H,10,21H2,1H3/t16-/m1/s1. The number of allylic oxidation sites excluding steroid dienone is 1. The highest BCUT2D eigenvalue weighted by Gasteiger charge is 2.36. The molecule has 1 aliphatic heterocycles. The topological polar surface area (TPSA) is 94.2 Å². The van der Waals surface area contributed by atoms with Crippen LogP contribution in [-0.2, 0) is 6.54 Å². The Bertz CT molecular complexity index is 1090. The maximum Gasteiger partial charge on any atom is 0.259 e. The van der Waals surface area contributed by atoms with Crippen LogP contribution in [0.1, 0.15) is 27.8 Å². The molecule has 0 saturated heterocycles. The third-order valence-corrected chi connectivity index (χ3v) is 5.27. The van der Waals surface area contributed by atoms with Gasteiger partial charge in [-0.3, -0.25) is 4.79 Å². The zero-order valence-electron chi connectivity index (χ0n) is 13.9. The molecule has 2 N–H and O–H groups in total. The van der Waals surface area contributed by atoms with Gasteiger partial charge in [-0.05, 0) is 30.5 Å². The molecule has 0 bridgehead atoms.